The van der Waals surface area contributed by atoms with E-state index >= 15 is 0 Å². The van der Waals surface area contributed by atoms with Crippen LogP contribution in [0.2, 0.25) is 0 Å². The van der Waals surface area contributed by atoms with Crippen molar-refractivity contribution in [3.63, 3.8) is 0 Å². The first-order valence-electron chi connectivity index (χ1n) is 25.3. The van der Waals surface area contributed by atoms with Crippen LogP contribution in [0, 0.1) is 22.7 Å². The first kappa shape index (κ1) is 40.8. The van der Waals surface area contributed by atoms with Crippen LogP contribution >= 0.6 is 0 Å². The summed E-state index contributed by atoms with van der Waals surface area (Å²) >= 11 is 0. The third-order valence-corrected chi connectivity index (χ3v) is 15.9. The molecule has 0 aliphatic heterocycles. The zero-order valence-corrected chi connectivity index (χ0v) is 40.2. The first-order chi connectivity index (χ1) is 37.7. The number of rotatable bonds is 4. The Morgan fingerprint density at radius 1 is 0.276 bits per heavy atom. The SMILES string of the molecule is N#Cc1c(-c2ccccc2)c(-n2c3ccccc3c3c4oc5ccccc5c4ccc32)c(C#N)c(-n2c3ccccc3c3c4oc5ccccc5c4ccc32)c1-n1c2ccccc2c2c3oc4ccccc4c3ccc21. The summed E-state index contributed by atoms with van der Waals surface area (Å²) < 4.78 is 27.1. The number of hydrogen-bond acceptors (Lipinski definition) is 5. The Morgan fingerprint density at radius 2 is 0.605 bits per heavy atom. The van der Waals surface area contributed by atoms with Gasteiger partial charge in [-0.15, -0.1) is 0 Å². The number of nitrogens with zero attached hydrogens (tertiary/aromatic N) is 5. The summed E-state index contributed by atoms with van der Waals surface area (Å²) in [6.07, 6.45) is 0. The minimum absolute atomic E-state index is 0.364. The van der Waals surface area contributed by atoms with E-state index in [2.05, 4.69) is 117 Å². The highest BCUT2D eigenvalue weighted by Gasteiger charge is 2.34. The average molecular weight is 970 g/mol. The molecule has 0 radical (unpaired) electrons. The minimum Gasteiger partial charge on any atom is -0.455 e. The van der Waals surface area contributed by atoms with E-state index in [1.54, 1.807) is 0 Å². The third-order valence-electron chi connectivity index (χ3n) is 15.9. The number of nitriles is 2. The summed E-state index contributed by atoms with van der Waals surface area (Å²) in [5, 5.41) is 36.7. The van der Waals surface area contributed by atoms with Gasteiger partial charge in [0, 0.05) is 54.0 Å². The maximum absolute atomic E-state index is 12.6. The molecule has 0 bridgehead atoms. The highest BCUT2D eigenvalue weighted by atomic mass is 16.3. The van der Waals surface area contributed by atoms with Gasteiger partial charge in [0.25, 0.3) is 0 Å². The molecule has 0 saturated heterocycles. The summed E-state index contributed by atoms with van der Waals surface area (Å²) in [5.74, 6) is 0. The Hall–Kier alpha value is -10.8. The molecule has 17 rings (SSSR count). The molecule has 0 fully saturated rings. The number of furan rings is 3. The van der Waals surface area contributed by atoms with Gasteiger partial charge in [0.2, 0.25) is 0 Å². The van der Waals surface area contributed by atoms with Gasteiger partial charge in [-0.3, -0.25) is 0 Å². The van der Waals surface area contributed by atoms with E-state index in [-0.39, 0.29) is 0 Å². The van der Waals surface area contributed by atoms with Crippen LogP contribution in [0.3, 0.4) is 0 Å². The molecule has 0 aliphatic rings. The molecule has 0 N–H and O–H groups in total. The van der Waals surface area contributed by atoms with Crippen molar-refractivity contribution >= 4 is 131 Å². The van der Waals surface area contributed by atoms with Crippen LogP contribution < -0.4 is 0 Å². The summed E-state index contributed by atoms with van der Waals surface area (Å²) in [5.41, 5.74) is 13.4. The predicted molar refractivity (Wildman–Crippen MR) is 306 cm³/mol. The molecule has 11 aromatic carbocycles. The lowest BCUT2D eigenvalue weighted by atomic mass is 9.91. The van der Waals surface area contributed by atoms with E-state index in [1.807, 2.05) is 121 Å². The highest BCUT2D eigenvalue weighted by Crippen LogP contribution is 2.51. The van der Waals surface area contributed by atoms with E-state index in [1.165, 1.54) is 0 Å². The second-order valence-corrected chi connectivity index (χ2v) is 19.6. The number of hydrogen-bond donors (Lipinski definition) is 0. The van der Waals surface area contributed by atoms with E-state index < -0.39 is 0 Å². The van der Waals surface area contributed by atoms with E-state index in [4.69, 9.17) is 13.3 Å². The fraction of sp³-hybridized carbons (Fsp3) is 0. The Morgan fingerprint density at radius 3 is 1.00 bits per heavy atom. The maximum atomic E-state index is 12.6. The van der Waals surface area contributed by atoms with Crippen LogP contribution in [0.4, 0.5) is 0 Å². The van der Waals surface area contributed by atoms with Crippen molar-refractivity contribution in [2.45, 2.75) is 0 Å². The van der Waals surface area contributed by atoms with Crippen LogP contribution in [-0.2, 0) is 0 Å². The smallest absolute Gasteiger partial charge is 0.145 e. The highest BCUT2D eigenvalue weighted by molar-refractivity contribution is 6.27. The molecule has 0 aliphatic carbocycles. The Kier molecular flexibility index (Phi) is 7.99. The average Bonchev–Trinajstić information content (AvgIpc) is 4.44. The zero-order chi connectivity index (χ0) is 49.9. The molecule has 76 heavy (non-hydrogen) atoms. The van der Waals surface area contributed by atoms with Crippen molar-refractivity contribution in [3.8, 4) is 40.3 Å². The third kappa shape index (κ3) is 5.14. The van der Waals surface area contributed by atoms with Crippen molar-refractivity contribution in [3.05, 3.63) is 223 Å². The van der Waals surface area contributed by atoms with Crippen molar-refractivity contribution in [2.24, 2.45) is 0 Å². The zero-order valence-electron chi connectivity index (χ0n) is 40.2. The largest absolute Gasteiger partial charge is 0.455 e. The van der Waals surface area contributed by atoms with E-state index in [0.717, 1.165) is 137 Å². The Bertz CT molecular complexity index is 5510. The number of fused-ring (bicyclic) bond motifs is 21. The van der Waals surface area contributed by atoms with Crippen molar-refractivity contribution in [1.29, 1.82) is 10.5 Å². The van der Waals surface area contributed by atoms with E-state index in [9.17, 15) is 10.5 Å². The van der Waals surface area contributed by atoms with Crippen LogP contribution in [0.25, 0.3) is 159 Å². The molecule has 0 saturated carbocycles. The van der Waals surface area contributed by atoms with Gasteiger partial charge in [0.05, 0.1) is 71.9 Å². The van der Waals surface area contributed by atoms with Crippen molar-refractivity contribution in [1.82, 2.24) is 13.7 Å². The van der Waals surface area contributed by atoms with Crippen LogP contribution in [0.1, 0.15) is 11.1 Å². The van der Waals surface area contributed by atoms with Gasteiger partial charge in [-0.2, -0.15) is 10.5 Å². The summed E-state index contributed by atoms with van der Waals surface area (Å²) in [6, 6.07) is 77.9. The van der Waals surface area contributed by atoms with Crippen LogP contribution in [-0.4, -0.2) is 13.7 Å². The van der Waals surface area contributed by atoms with Gasteiger partial charge in [-0.25, -0.2) is 0 Å². The summed E-state index contributed by atoms with van der Waals surface area (Å²) in [4.78, 5) is 0. The molecule has 0 spiro atoms. The van der Waals surface area contributed by atoms with Gasteiger partial charge < -0.3 is 27.0 Å². The molecule has 6 heterocycles. The van der Waals surface area contributed by atoms with Gasteiger partial charge in [-0.1, -0.05) is 140 Å². The van der Waals surface area contributed by atoms with Gasteiger partial charge in [0.1, 0.15) is 51.2 Å². The summed E-state index contributed by atoms with van der Waals surface area (Å²) in [6.45, 7) is 0. The fourth-order valence-corrected chi connectivity index (χ4v) is 12.9. The standard InChI is InChI=1S/C68H35N5O3/c69-36-48-59(38-16-2-1-3-17-38)63(71-50-24-10-4-21-45(50)60-53(71)33-30-42-39-18-7-13-27-56(39)74-66(42)60)49(37-70)65(73-52-26-12-6-23-47(52)62-55(73)35-32-44-41-20-9-15-29-58(41)76-68(44)62)64(48)72-51-25-11-5-22-46(51)61-54(72)34-31-43-40-19-8-14-28-57(40)75-67(43)61/h1-35H. The second-order valence-electron chi connectivity index (χ2n) is 19.6. The predicted octanol–water partition coefficient (Wildman–Crippen LogP) is 18.1. The minimum atomic E-state index is 0.364. The molecule has 0 unspecified atom stereocenters. The molecule has 0 atom stereocenters. The Balaban J connectivity index is 1.14. The quantitative estimate of drug-likeness (QED) is 0.175. The number of aromatic nitrogens is 3. The van der Waals surface area contributed by atoms with Crippen LogP contribution in [0.15, 0.2) is 226 Å². The molecule has 6 aromatic heterocycles. The molecule has 17 aromatic rings. The van der Waals surface area contributed by atoms with Crippen LogP contribution in [0.5, 0.6) is 0 Å². The van der Waals surface area contributed by atoms with E-state index in [0.29, 0.717) is 33.8 Å². The van der Waals surface area contributed by atoms with Gasteiger partial charge in [-0.05, 0) is 78.4 Å². The maximum Gasteiger partial charge on any atom is 0.145 e. The first-order valence-corrected chi connectivity index (χ1v) is 25.3. The molecule has 8 heteroatoms. The molecular weight excluding hydrogens is 935 g/mol. The van der Waals surface area contributed by atoms with Crippen molar-refractivity contribution < 1.29 is 13.3 Å². The molecule has 0 amide bonds. The summed E-state index contributed by atoms with van der Waals surface area (Å²) in [7, 11) is 0. The molecule has 350 valence electrons. The second kappa shape index (κ2) is 14.9. The van der Waals surface area contributed by atoms with Crippen molar-refractivity contribution in [2.75, 3.05) is 0 Å². The van der Waals surface area contributed by atoms with Gasteiger partial charge in [0.15, 0.2) is 0 Å². The lowest BCUT2D eigenvalue weighted by Crippen LogP contribution is -2.14. The molecular formula is C68H35N5O3. The normalized spacial score (nSPS) is 12.2. The van der Waals surface area contributed by atoms with Gasteiger partial charge >= 0.3 is 0 Å². The lowest BCUT2D eigenvalue weighted by molar-refractivity contribution is 0.672. The fourth-order valence-electron chi connectivity index (χ4n) is 12.9. The number of benzene rings is 11. The lowest BCUT2D eigenvalue weighted by Gasteiger charge is -2.26. The number of para-hydroxylation sites is 6. The monoisotopic (exact) mass is 969 g/mol. The molecule has 8 nitrogen and oxygen atoms in total. The Labute approximate surface area is 430 Å². The topological polar surface area (TPSA) is 102 Å².